The molecule has 170 valence electrons. The molecule has 1 aromatic heterocycles. The molecule has 2 aromatic rings. The second kappa shape index (κ2) is 7.97. The van der Waals surface area contributed by atoms with E-state index < -0.39 is 38.8 Å². The van der Waals surface area contributed by atoms with Crippen molar-refractivity contribution in [2.45, 2.75) is 23.5 Å². The number of carbonyl (C=O) groups excluding carboxylic acids is 2. The number of amides is 2. The van der Waals surface area contributed by atoms with Crippen LogP contribution in [0, 0.1) is 0 Å². The number of ether oxygens (including phenoxy) is 1. The Morgan fingerprint density at radius 3 is 2.69 bits per heavy atom. The minimum atomic E-state index is -4.73. The van der Waals surface area contributed by atoms with Crippen molar-refractivity contribution in [1.29, 1.82) is 0 Å². The molecule has 1 aromatic carbocycles. The highest BCUT2D eigenvalue weighted by molar-refractivity contribution is 7.92. The molecule has 1 fully saturated rings. The predicted octanol–water partition coefficient (Wildman–Crippen LogP) is 2.24. The van der Waals surface area contributed by atoms with Crippen LogP contribution in [0.25, 0.3) is 0 Å². The standard InChI is InChI=1S/C19H17F3N4O5S/c20-19(21,22)12-2-1-3-15(6-12)32(29,30)26-10-14(25-4-5-31-18(25)28)8-16-17(26)7-13(9-23-16)24-11-27/h1-3,6-7,9,11,14H,4-5,8,10H2,(H,24,27). The van der Waals surface area contributed by atoms with Gasteiger partial charge in [0.1, 0.15) is 6.61 Å². The largest absolute Gasteiger partial charge is 0.448 e. The van der Waals surface area contributed by atoms with Gasteiger partial charge in [0.2, 0.25) is 6.41 Å². The van der Waals surface area contributed by atoms with Crippen molar-refractivity contribution in [2.24, 2.45) is 0 Å². The van der Waals surface area contributed by atoms with Gasteiger partial charge in [-0.05, 0) is 24.3 Å². The average Bonchev–Trinajstić information content (AvgIpc) is 3.18. The topological polar surface area (TPSA) is 109 Å². The Morgan fingerprint density at radius 2 is 2.03 bits per heavy atom. The molecule has 2 aliphatic rings. The third-order valence-corrected chi connectivity index (χ3v) is 7.01. The molecule has 1 N–H and O–H groups in total. The van der Waals surface area contributed by atoms with E-state index in [0.29, 0.717) is 18.2 Å². The Kier molecular flexibility index (Phi) is 5.44. The molecule has 1 unspecified atom stereocenters. The Hall–Kier alpha value is -3.35. The second-order valence-corrected chi connectivity index (χ2v) is 9.04. The molecule has 1 saturated heterocycles. The minimum absolute atomic E-state index is 0.109. The van der Waals surface area contributed by atoms with Gasteiger partial charge in [0.25, 0.3) is 10.0 Å². The lowest BCUT2D eigenvalue weighted by atomic mass is 10.0. The van der Waals surface area contributed by atoms with E-state index in [4.69, 9.17) is 4.74 Å². The summed E-state index contributed by atoms with van der Waals surface area (Å²) >= 11 is 0. The maximum atomic E-state index is 13.4. The molecule has 0 radical (unpaired) electrons. The van der Waals surface area contributed by atoms with Crippen LogP contribution in [0.4, 0.5) is 29.3 Å². The molecular formula is C19H17F3N4O5S. The van der Waals surface area contributed by atoms with Crippen molar-refractivity contribution in [2.75, 3.05) is 29.3 Å². The van der Waals surface area contributed by atoms with Crippen molar-refractivity contribution in [1.82, 2.24) is 9.88 Å². The van der Waals surface area contributed by atoms with Crippen molar-refractivity contribution in [3.05, 3.63) is 47.8 Å². The Balaban J connectivity index is 1.80. The number of benzene rings is 1. The highest BCUT2D eigenvalue weighted by atomic mass is 32.2. The zero-order chi connectivity index (χ0) is 23.1. The summed E-state index contributed by atoms with van der Waals surface area (Å²) in [4.78, 5) is 27.9. The molecule has 2 amide bonds. The van der Waals surface area contributed by atoms with Crippen LogP contribution in [0.2, 0.25) is 0 Å². The molecule has 9 nitrogen and oxygen atoms in total. The van der Waals surface area contributed by atoms with E-state index >= 15 is 0 Å². The summed E-state index contributed by atoms with van der Waals surface area (Å²) in [5.74, 6) is 0. The lowest BCUT2D eigenvalue weighted by Crippen LogP contribution is -2.51. The van der Waals surface area contributed by atoms with Crippen molar-refractivity contribution < 1.29 is 35.9 Å². The van der Waals surface area contributed by atoms with Crippen molar-refractivity contribution in [3.8, 4) is 0 Å². The smallest absolute Gasteiger partial charge is 0.416 e. The van der Waals surface area contributed by atoms with Crippen LogP contribution >= 0.6 is 0 Å². The average molecular weight is 470 g/mol. The summed E-state index contributed by atoms with van der Waals surface area (Å²) < 4.78 is 72.3. The molecule has 13 heteroatoms. The number of rotatable bonds is 5. The molecular weight excluding hydrogens is 453 g/mol. The first kappa shape index (κ1) is 21.9. The number of cyclic esters (lactones) is 1. The number of carbonyl (C=O) groups is 2. The number of hydrogen-bond donors (Lipinski definition) is 1. The van der Waals surface area contributed by atoms with Crippen LogP contribution in [0.1, 0.15) is 11.3 Å². The summed E-state index contributed by atoms with van der Waals surface area (Å²) in [7, 11) is -4.47. The van der Waals surface area contributed by atoms with Gasteiger partial charge in [0.05, 0.1) is 52.9 Å². The molecule has 4 rings (SSSR count). The fourth-order valence-corrected chi connectivity index (χ4v) is 5.28. The molecule has 3 heterocycles. The van der Waals surface area contributed by atoms with Gasteiger partial charge >= 0.3 is 12.3 Å². The van der Waals surface area contributed by atoms with Gasteiger partial charge in [-0.1, -0.05) is 6.07 Å². The summed E-state index contributed by atoms with van der Waals surface area (Å²) in [5, 5.41) is 2.37. The number of halogens is 3. The second-order valence-electron chi connectivity index (χ2n) is 7.18. The minimum Gasteiger partial charge on any atom is -0.448 e. The number of nitrogens with zero attached hydrogens (tertiary/aromatic N) is 3. The number of fused-ring (bicyclic) bond motifs is 1. The highest BCUT2D eigenvalue weighted by Crippen LogP contribution is 2.36. The van der Waals surface area contributed by atoms with Gasteiger partial charge < -0.3 is 10.1 Å². The van der Waals surface area contributed by atoms with Gasteiger partial charge in [-0.3, -0.25) is 19.0 Å². The van der Waals surface area contributed by atoms with Gasteiger partial charge in [0.15, 0.2) is 0 Å². The monoisotopic (exact) mass is 470 g/mol. The molecule has 0 spiro atoms. The molecule has 0 bridgehead atoms. The summed E-state index contributed by atoms with van der Waals surface area (Å²) in [5.41, 5.74) is -0.474. The first-order valence-corrected chi connectivity index (χ1v) is 10.9. The number of hydrogen-bond acceptors (Lipinski definition) is 6. The third-order valence-electron chi connectivity index (χ3n) is 5.23. The van der Waals surface area contributed by atoms with Gasteiger partial charge in [-0.2, -0.15) is 13.2 Å². The van der Waals surface area contributed by atoms with Crippen LogP contribution in [0.15, 0.2) is 41.4 Å². The van der Waals surface area contributed by atoms with E-state index in [9.17, 15) is 31.2 Å². The van der Waals surface area contributed by atoms with E-state index in [0.717, 1.165) is 22.5 Å². The molecule has 0 aliphatic carbocycles. The van der Waals surface area contributed by atoms with Gasteiger partial charge in [0, 0.05) is 6.42 Å². The first-order chi connectivity index (χ1) is 15.1. The normalized spacial score (nSPS) is 18.8. The lowest BCUT2D eigenvalue weighted by molar-refractivity contribution is -0.137. The first-order valence-electron chi connectivity index (χ1n) is 9.44. The maximum absolute atomic E-state index is 13.4. The molecule has 1 atom stereocenters. The van der Waals surface area contributed by atoms with Crippen LogP contribution in [0.5, 0.6) is 0 Å². The van der Waals surface area contributed by atoms with E-state index in [2.05, 4.69) is 10.3 Å². The third kappa shape index (κ3) is 3.95. The summed E-state index contributed by atoms with van der Waals surface area (Å²) in [6.45, 7) is 0.187. The molecule has 32 heavy (non-hydrogen) atoms. The van der Waals surface area contributed by atoms with E-state index in [1.54, 1.807) is 0 Å². The fraction of sp³-hybridized carbons (Fsp3) is 0.316. The SMILES string of the molecule is O=CNc1cnc2c(c1)N(S(=O)(=O)c1cccc(C(F)(F)F)c1)CC(N1CCOC1=O)C2. The zero-order valence-electron chi connectivity index (χ0n) is 16.4. The highest BCUT2D eigenvalue weighted by Gasteiger charge is 2.40. The Morgan fingerprint density at radius 1 is 1.25 bits per heavy atom. The Labute approximate surface area is 180 Å². The van der Waals surface area contributed by atoms with Crippen LogP contribution in [-0.4, -0.2) is 56.5 Å². The Bertz CT molecular complexity index is 1170. The predicted molar refractivity (Wildman–Crippen MR) is 105 cm³/mol. The number of aromatic nitrogens is 1. The van der Waals surface area contributed by atoms with E-state index in [-0.39, 0.29) is 37.5 Å². The number of alkyl halides is 3. The maximum Gasteiger partial charge on any atom is 0.416 e. The number of sulfonamides is 1. The number of pyridine rings is 1. The van der Waals surface area contributed by atoms with Crippen LogP contribution in [0.3, 0.4) is 0 Å². The van der Waals surface area contributed by atoms with E-state index in [1.165, 1.54) is 17.2 Å². The fourth-order valence-electron chi connectivity index (χ4n) is 3.71. The molecule has 0 saturated carbocycles. The lowest BCUT2D eigenvalue weighted by Gasteiger charge is -2.37. The van der Waals surface area contributed by atoms with Crippen molar-refractivity contribution >= 4 is 33.9 Å². The van der Waals surface area contributed by atoms with Gasteiger partial charge in [-0.25, -0.2) is 13.2 Å². The quantitative estimate of drug-likeness (QED) is 0.672. The van der Waals surface area contributed by atoms with Gasteiger partial charge in [-0.15, -0.1) is 0 Å². The zero-order valence-corrected chi connectivity index (χ0v) is 17.2. The van der Waals surface area contributed by atoms with E-state index in [1.807, 2.05) is 0 Å². The van der Waals surface area contributed by atoms with Crippen LogP contribution < -0.4 is 9.62 Å². The van der Waals surface area contributed by atoms with Crippen LogP contribution in [-0.2, 0) is 32.2 Å². The number of nitrogens with one attached hydrogen (secondary N) is 1. The molecule has 2 aliphatic heterocycles. The number of anilines is 2. The summed E-state index contributed by atoms with van der Waals surface area (Å²) in [6.07, 6.45) is -3.40. The summed E-state index contributed by atoms with van der Waals surface area (Å²) in [6, 6.07) is 4.16. The van der Waals surface area contributed by atoms with Crippen molar-refractivity contribution in [3.63, 3.8) is 0 Å².